The van der Waals surface area contributed by atoms with E-state index < -0.39 is 34.2 Å². The first-order chi connectivity index (χ1) is 15.3. The van der Waals surface area contributed by atoms with E-state index in [0.29, 0.717) is 11.3 Å². The molecule has 32 heavy (non-hydrogen) atoms. The molecule has 1 aromatic heterocycles. The minimum absolute atomic E-state index is 0.0120. The van der Waals surface area contributed by atoms with Crippen LogP contribution >= 0.6 is 0 Å². The lowest BCUT2D eigenvalue weighted by Gasteiger charge is -2.28. The number of nitro groups is 1. The number of nitro benzene ring substituents is 1. The summed E-state index contributed by atoms with van der Waals surface area (Å²) in [6.07, 6.45) is 0.720. The maximum atomic E-state index is 14.5. The second-order valence-corrected chi connectivity index (χ2v) is 7.59. The van der Waals surface area contributed by atoms with Gasteiger partial charge in [-0.2, -0.15) is 0 Å². The molecule has 2 atom stereocenters. The topological polar surface area (TPSA) is 103 Å². The standard InChI is InChI=1S/C23H18F2N2O5/c24-18-5-1-4-17(20(18)25)23(29)11-10-19(21-15(13-23)3-2-12-26-21)32-22(28)14-6-8-16(9-7-14)27(30)31/h1-9,12,19,29H,10-11,13H2. The molecule has 1 aliphatic carbocycles. The summed E-state index contributed by atoms with van der Waals surface area (Å²) in [6, 6.07) is 11.9. The average Bonchev–Trinajstić information content (AvgIpc) is 2.92. The van der Waals surface area contributed by atoms with E-state index in [1.807, 2.05) is 0 Å². The van der Waals surface area contributed by atoms with Gasteiger partial charge in [0.1, 0.15) is 6.10 Å². The molecule has 164 valence electrons. The van der Waals surface area contributed by atoms with Crippen molar-refractivity contribution in [1.29, 1.82) is 0 Å². The van der Waals surface area contributed by atoms with Crippen LogP contribution in [0.3, 0.4) is 0 Å². The Morgan fingerprint density at radius 2 is 1.91 bits per heavy atom. The zero-order valence-electron chi connectivity index (χ0n) is 16.7. The van der Waals surface area contributed by atoms with E-state index >= 15 is 0 Å². The number of fused-ring (bicyclic) bond motifs is 1. The number of ether oxygens (including phenoxy) is 1. The first kappa shape index (κ1) is 21.5. The molecule has 0 fully saturated rings. The van der Waals surface area contributed by atoms with Crippen LogP contribution in [0.15, 0.2) is 60.8 Å². The van der Waals surface area contributed by atoms with Gasteiger partial charge in [0.15, 0.2) is 11.6 Å². The Morgan fingerprint density at radius 1 is 1.16 bits per heavy atom. The van der Waals surface area contributed by atoms with E-state index in [0.717, 1.165) is 6.07 Å². The summed E-state index contributed by atoms with van der Waals surface area (Å²) in [4.78, 5) is 27.2. The van der Waals surface area contributed by atoms with E-state index in [1.54, 1.807) is 12.1 Å². The van der Waals surface area contributed by atoms with Gasteiger partial charge >= 0.3 is 5.97 Å². The molecule has 0 amide bonds. The molecule has 0 spiro atoms. The SMILES string of the molecule is O=C(OC1CCC(O)(c2cccc(F)c2F)Cc2cccnc21)c1ccc([N+](=O)[O-])cc1. The number of hydrogen-bond acceptors (Lipinski definition) is 6. The van der Waals surface area contributed by atoms with Crippen LogP contribution in [0.5, 0.6) is 0 Å². The summed E-state index contributed by atoms with van der Waals surface area (Å²) in [7, 11) is 0. The highest BCUT2D eigenvalue weighted by Crippen LogP contribution is 2.41. The third kappa shape index (κ3) is 4.06. The Morgan fingerprint density at radius 3 is 2.62 bits per heavy atom. The van der Waals surface area contributed by atoms with Gasteiger partial charge in [-0.3, -0.25) is 15.1 Å². The van der Waals surface area contributed by atoms with Gasteiger partial charge in [-0.05, 0) is 42.7 Å². The first-order valence-electron chi connectivity index (χ1n) is 9.84. The number of benzene rings is 2. The highest BCUT2D eigenvalue weighted by Gasteiger charge is 2.39. The summed E-state index contributed by atoms with van der Waals surface area (Å²) >= 11 is 0. The largest absolute Gasteiger partial charge is 0.452 e. The van der Waals surface area contributed by atoms with Crippen molar-refractivity contribution in [2.75, 3.05) is 0 Å². The lowest BCUT2D eigenvalue weighted by Crippen LogP contribution is -2.29. The second kappa shape index (κ2) is 8.43. The van der Waals surface area contributed by atoms with Crippen LogP contribution in [0.25, 0.3) is 0 Å². The zero-order valence-corrected chi connectivity index (χ0v) is 16.7. The molecule has 2 unspecified atom stereocenters. The van der Waals surface area contributed by atoms with Crippen molar-refractivity contribution >= 4 is 11.7 Å². The normalized spacial score (nSPS) is 20.2. The summed E-state index contributed by atoms with van der Waals surface area (Å²) < 4.78 is 33.9. The molecular weight excluding hydrogens is 422 g/mol. The van der Waals surface area contributed by atoms with Gasteiger partial charge in [0.2, 0.25) is 0 Å². The van der Waals surface area contributed by atoms with E-state index in [-0.39, 0.29) is 36.1 Å². The summed E-state index contributed by atoms with van der Waals surface area (Å²) in [5.41, 5.74) is -0.991. The van der Waals surface area contributed by atoms with Crippen LogP contribution in [-0.4, -0.2) is 21.0 Å². The quantitative estimate of drug-likeness (QED) is 0.279. The van der Waals surface area contributed by atoms with Crippen LogP contribution in [0.1, 0.15) is 46.1 Å². The number of nitrogens with zero attached hydrogens (tertiary/aromatic N) is 2. The van der Waals surface area contributed by atoms with Crippen molar-refractivity contribution in [3.63, 3.8) is 0 Å². The molecule has 0 radical (unpaired) electrons. The molecule has 1 aliphatic rings. The molecule has 7 nitrogen and oxygen atoms in total. The van der Waals surface area contributed by atoms with Crippen LogP contribution in [-0.2, 0) is 16.8 Å². The minimum atomic E-state index is -1.72. The smallest absolute Gasteiger partial charge is 0.338 e. The van der Waals surface area contributed by atoms with E-state index in [1.165, 1.54) is 42.6 Å². The monoisotopic (exact) mass is 440 g/mol. The Kier molecular flexibility index (Phi) is 5.67. The van der Waals surface area contributed by atoms with Crippen molar-refractivity contribution in [3.05, 3.63) is 105 Å². The highest BCUT2D eigenvalue weighted by atomic mass is 19.2. The van der Waals surface area contributed by atoms with Crippen molar-refractivity contribution in [2.24, 2.45) is 0 Å². The third-order valence-electron chi connectivity index (χ3n) is 5.55. The number of aliphatic hydroxyl groups is 1. The zero-order chi connectivity index (χ0) is 22.9. The number of hydrogen-bond donors (Lipinski definition) is 1. The number of non-ortho nitro benzene ring substituents is 1. The number of halogens is 2. The number of carbonyl (C=O) groups is 1. The minimum Gasteiger partial charge on any atom is -0.452 e. The fourth-order valence-electron chi connectivity index (χ4n) is 3.92. The molecular formula is C23H18F2N2O5. The van der Waals surface area contributed by atoms with Gasteiger partial charge in [-0.1, -0.05) is 18.2 Å². The molecule has 0 saturated heterocycles. The Balaban J connectivity index is 1.63. The fourth-order valence-corrected chi connectivity index (χ4v) is 3.92. The molecule has 1 heterocycles. The highest BCUT2D eigenvalue weighted by molar-refractivity contribution is 5.89. The van der Waals surface area contributed by atoms with Gasteiger partial charge in [0, 0.05) is 30.3 Å². The van der Waals surface area contributed by atoms with Crippen molar-refractivity contribution in [3.8, 4) is 0 Å². The van der Waals surface area contributed by atoms with Crippen LogP contribution in [0.4, 0.5) is 14.5 Å². The van der Waals surface area contributed by atoms with Gasteiger partial charge in [0.25, 0.3) is 5.69 Å². The van der Waals surface area contributed by atoms with E-state index in [4.69, 9.17) is 4.74 Å². The van der Waals surface area contributed by atoms with E-state index in [2.05, 4.69) is 4.98 Å². The first-order valence-corrected chi connectivity index (χ1v) is 9.84. The summed E-state index contributed by atoms with van der Waals surface area (Å²) in [6.45, 7) is 0. The van der Waals surface area contributed by atoms with Gasteiger partial charge in [0.05, 0.1) is 21.8 Å². The van der Waals surface area contributed by atoms with Crippen molar-refractivity contribution < 1.29 is 28.3 Å². The third-order valence-corrected chi connectivity index (χ3v) is 5.55. The van der Waals surface area contributed by atoms with Gasteiger partial charge in [-0.25, -0.2) is 13.6 Å². The molecule has 0 bridgehead atoms. The Labute approximate surface area is 181 Å². The second-order valence-electron chi connectivity index (χ2n) is 7.59. The number of aromatic nitrogens is 1. The predicted molar refractivity (Wildman–Crippen MR) is 109 cm³/mol. The van der Waals surface area contributed by atoms with Crippen LogP contribution in [0.2, 0.25) is 0 Å². The molecule has 9 heteroatoms. The molecule has 0 saturated carbocycles. The van der Waals surface area contributed by atoms with E-state index in [9.17, 15) is 28.8 Å². The van der Waals surface area contributed by atoms with Crippen molar-refractivity contribution in [2.45, 2.75) is 31.0 Å². The molecule has 3 aromatic rings. The molecule has 2 aromatic carbocycles. The Hall–Kier alpha value is -3.72. The Bertz CT molecular complexity index is 1190. The summed E-state index contributed by atoms with van der Waals surface area (Å²) in [5.74, 6) is -2.90. The maximum Gasteiger partial charge on any atom is 0.338 e. The molecule has 4 rings (SSSR count). The average molecular weight is 440 g/mol. The predicted octanol–water partition coefficient (Wildman–Crippen LogP) is 4.39. The maximum absolute atomic E-state index is 14.5. The lowest BCUT2D eigenvalue weighted by atomic mass is 9.85. The number of pyridine rings is 1. The summed E-state index contributed by atoms with van der Waals surface area (Å²) in [5, 5.41) is 22.1. The molecule has 0 aliphatic heterocycles. The van der Waals surface area contributed by atoms with Gasteiger partial charge < -0.3 is 9.84 Å². The molecule has 1 N–H and O–H groups in total. The van der Waals surface area contributed by atoms with Crippen LogP contribution < -0.4 is 0 Å². The fraction of sp³-hybridized carbons (Fsp3) is 0.217. The van der Waals surface area contributed by atoms with Crippen molar-refractivity contribution in [1.82, 2.24) is 4.98 Å². The number of esters is 1. The van der Waals surface area contributed by atoms with Crippen LogP contribution in [0, 0.1) is 21.7 Å². The number of rotatable bonds is 4. The van der Waals surface area contributed by atoms with Gasteiger partial charge in [-0.15, -0.1) is 0 Å². The lowest BCUT2D eigenvalue weighted by molar-refractivity contribution is -0.384. The number of carbonyl (C=O) groups excluding carboxylic acids is 1.